The van der Waals surface area contributed by atoms with E-state index >= 15 is 0 Å². The van der Waals surface area contributed by atoms with Crippen LogP contribution in [0.2, 0.25) is 5.02 Å². The molecule has 0 aliphatic rings. The predicted molar refractivity (Wildman–Crippen MR) is 105 cm³/mol. The van der Waals surface area contributed by atoms with Crippen molar-refractivity contribution in [1.29, 1.82) is 0 Å². The second-order valence-electron chi connectivity index (χ2n) is 5.83. The van der Waals surface area contributed by atoms with E-state index in [4.69, 9.17) is 26.8 Å². The first kappa shape index (κ1) is 19.8. The predicted octanol–water partition coefficient (Wildman–Crippen LogP) is 2.61. The molecular weight excluding hydrogens is 354 g/mol. The lowest BCUT2D eigenvalue weighted by atomic mass is 10.3. The molecule has 0 amide bonds. The van der Waals surface area contributed by atoms with Crippen LogP contribution in [-0.2, 0) is 6.54 Å². The zero-order valence-electron chi connectivity index (χ0n) is 15.2. The molecule has 0 aliphatic carbocycles. The number of likely N-dealkylation sites (N-methyl/N-ethyl adjacent to an activating group) is 1. The summed E-state index contributed by atoms with van der Waals surface area (Å²) in [4.78, 5) is 10.6. The number of halogens is 1. The van der Waals surface area contributed by atoms with Crippen molar-refractivity contribution in [3.8, 4) is 11.6 Å². The fourth-order valence-corrected chi connectivity index (χ4v) is 2.33. The molecule has 0 fully saturated rings. The maximum atomic E-state index is 6.09. The van der Waals surface area contributed by atoms with Crippen LogP contribution >= 0.6 is 11.6 Å². The molecule has 0 saturated carbocycles. The first-order chi connectivity index (χ1) is 12.5. The minimum atomic E-state index is 0.290. The van der Waals surface area contributed by atoms with E-state index in [1.54, 1.807) is 25.4 Å². The van der Waals surface area contributed by atoms with Crippen LogP contribution in [0.4, 0.5) is 5.69 Å². The quantitative estimate of drug-likeness (QED) is 0.543. The Morgan fingerprint density at radius 3 is 2.81 bits per heavy atom. The van der Waals surface area contributed by atoms with Gasteiger partial charge in [0.05, 0.1) is 18.7 Å². The summed E-state index contributed by atoms with van der Waals surface area (Å²) in [5.41, 5.74) is 7.63. The Labute approximate surface area is 158 Å². The SMILES string of the molecule is COc1ccc(NC(N)=NCc2ccnc(OCCN(C)C)c2)cc1Cl. The third-order valence-corrected chi connectivity index (χ3v) is 3.74. The molecular formula is C18H24ClN5O2. The average Bonchev–Trinajstić information content (AvgIpc) is 2.60. The normalized spacial score (nSPS) is 11.5. The van der Waals surface area contributed by atoms with Crippen LogP contribution in [0.5, 0.6) is 11.6 Å². The summed E-state index contributed by atoms with van der Waals surface area (Å²) in [6.07, 6.45) is 1.70. The number of ether oxygens (including phenoxy) is 2. The number of methoxy groups -OCH3 is 1. The van der Waals surface area contributed by atoms with Crippen molar-refractivity contribution in [2.45, 2.75) is 6.54 Å². The lowest BCUT2D eigenvalue weighted by molar-refractivity contribution is 0.253. The number of benzene rings is 1. The van der Waals surface area contributed by atoms with Crippen molar-refractivity contribution in [2.75, 3.05) is 39.7 Å². The summed E-state index contributed by atoms with van der Waals surface area (Å²) in [5.74, 6) is 1.47. The zero-order valence-corrected chi connectivity index (χ0v) is 16.0. The number of anilines is 1. The number of nitrogens with two attached hydrogens (primary N) is 1. The first-order valence-corrected chi connectivity index (χ1v) is 8.48. The summed E-state index contributed by atoms with van der Waals surface area (Å²) in [7, 11) is 5.55. The van der Waals surface area contributed by atoms with Gasteiger partial charge in [-0.1, -0.05) is 11.6 Å². The number of hydrogen-bond acceptors (Lipinski definition) is 5. The molecule has 0 unspecified atom stereocenters. The second-order valence-corrected chi connectivity index (χ2v) is 6.24. The third kappa shape index (κ3) is 6.42. The lowest BCUT2D eigenvalue weighted by Crippen LogP contribution is -2.22. The van der Waals surface area contributed by atoms with E-state index in [2.05, 4.69) is 15.3 Å². The molecule has 26 heavy (non-hydrogen) atoms. The van der Waals surface area contributed by atoms with Gasteiger partial charge in [0.1, 0.15) is 12.4 Å². The molecule has 140 valence electrons. The molecule has 1 aromatic heterocycles. The average molecular weight is 378 g/mol. The molecule has 3 N–H and O–H groups in total. The van der Waals surface area contributed by atoms with Gasteiger partial charge < -0.3 is 25.4 Å². The van der Waals surface area contributed by atoms with Crippen molar-refractivity contribution in [1.82, 2.24) is 9.88 Å². The molecule has 0 radical (unpaired) electrons. The van der Waals surface area contributed by atoms with E-state index in [1.807, 2.05) is 37.2 Å². The summed E-state index contributed by atoms with van der Waals surface area (Å²) in [6.45, 7) is 1.81. The van der Waals surface area contributed by atoms with Crippen molar-refractivity contribution in [2.24, 2.45) is 10.7 Å². The van der Waals surface area contributed by atoms with Crippen LogP contribution < -0.4 is 20.5 Å². The smallest absolute Gasteiger partial charge is 0.213 e. The largest absolute Gasteiger partial charge is 0.495 e. The standard InChI is InChI=1S/C18H24ClN5O2/c1-24(2)8-9-26-17-10-13(6-7-21-17)12-22-18(20)23-14-4-5-16(25-3)15(19)11-14/h4-7,10-11H,8-9,12H2,1-3H3,(H3,20,22,23). The van der Waals surface area contributed by atoms with Crippen molar-refractivity contribution >= 4 is 23.2 Å². The number of guanidine groups is 1. The van der Waals surface area contributed by atoms with Gasteiger partial charge in [-0.2, -0.15) is 0 Å². The summed E-state index contributed by atoms with van der Waals surface area (Å²) >= 11 is 6.09. The van der Waals surface area contributed by atoms with Crippen LogP contribution in [-0.4, -0.2) is 50.2 Å². The molecule has 0 spiro atoms. The lowest BCUT2D eigenvalue weighted by Gasteiger charge is -2.11. The molecule has 8 heteroatoms. The van der Waals surface area contributed by atoms with Gasteiger partial charge in [0.2, 0.25) is 5.88 Å². The number of rotatable bonds is 8. The maximum Gasteiger partial charge on any atom is 0.213 e. The van der Waals surface area contributed by atoms with Crippen LogP contribution in [0.3, 0.4) is 0 Å². The molecule has 7 nitrogen and oxygen atoms in total. The highest BCUT2D eigenvalue weighted by molar-refractivity contribution is 6.32. The van der Waals surface area contributed by atoms with E-state index in [0.717, 1.165) is 17.8 Å². The van der Waals surface area contributed by atoms with Crippen molar-refractivity contribution in [3.05, 3.63) is 47.1 Å². The summed E-state index contributed by atoms with van der Waals surface area (Å²) in [6, 6.07) is 9.04. The van der Waals surface area contributed by atoms with Gasteiger partial charge in [0, 0.05) is 24.5 Å². The number of hydrogen-bond donors (Lipinski definition) is 2. The number of pyridine rings is 1. The molecule has 2 rings (SSSR count). The maximum absolute atomic E-state index is 6.09. The zero-order chi connectivity index (χ0) is 18.9. The van der Waals surface area contributed by atoms with Crippen LogP contribution in [0.15, 0.2) is 41.5 Å². The van der Waals surface area contributed by atoms with Crippen LogP contribution in [0.25, 0.3) is 0 Å². The van der Waals surface area contributed by atoms with Crippen LogP contribution in [0, 0.1) is 0 Å². The molecule has 0 atom stereocenters. The number of nitrogens with one attached hydrogen (secondary N) is 1. The Morgan fingerprint density at radius 2 is 2.12 bits per heavy atom. The van der Waals surface area contributed by atoms with E-state index in [9.17, 15) is 0 Å². The van der Waals surface area contributed by atoms with Gasteiger partial charge >= 0.3 is 0 Å². The van der Waals surface area contributed by atoms with E-state index in [-0.39, 0.29) is 5.96 Å². The minimum Gasteiger partial charge on any atom is -0.495 e. The topological polar surface area (TPSA) is 85.0 Å². The molecule has 1 aromatic carbocycles. The Kier molecular flexibility index (Phi) is 7.50. The highest BCUT2D eigenvalue weighted by atomic mass is 35.5. The van der Waals surface area contributed by atoms with Crippen molar-refractivity contribution < 1.29 is 9.47 Å². The number of aromatic nitrogens is 1. The molecule has 0 saturated heterocycles. The summed E-state index contributed by atoms with van der Waals surface area (Å²) < 4.78 is 10.7. The van der Waals surface area contributed by atoms with Crippen molar-refractivity contribution in [3.63, 3.8) is 0 Å². The molecule has 1 heterocycles. The second kappa shape index (κ2) is 9.84. The molecule has 2 aromatic rings. The number of aliphatic imine (C=N–C) groups is 1. The Hall–Kier alpha value is -2.51. The van der Waals surface area contributed by atoms with Gasteiger partial charge in [0.15, 0.2) is 5.96 Å². The molecule has 0 bridgehead atoms. The van der Waals surface area contributed by atoms with Crippen LogP contribution in [0.1, 0.15) is 5.56 Å². The van der Waals surface area contributed by atoms with Gasteiger partial charge in [-0.15, -0.1) is 0 Å². The Balaban J connectivity index is 1.92. The highest BCUT2D eigenvalue weighted by Crippen LogP contribution is 2.27. The number of nitrogens with zero attached hydrogens (tertiary/aromatic N) is 3. The fourth-order valence-electron chi connectivity index (χ4n) is 2.07. The van der Waals surface area contributed by atoms with Gasteiger partial charge in [-0.3, -0.25) is 0 Å². The Morgan fingerprint density at radius 1 is 1.31 bits per heavy atom. The third-order valence-electron chi connectivity index (χ3n) is 3.44. The molecule has 0 aliphatic heterocycles. The van der Waals surface area contributed by atoms with Gasteiger partial charge in [-0.05, 0) is 43.9 Å². The van der Waals surface area contributed by atoms with Gasteiger partial charge in [-0.25, -0.2) is 9.98 Å². The fraction of sp³-hybridized carbons (Fsp3) is 0.333. The highest BCUT2D eigenvalue weighted by Gasteiger charge is 2.03. The minimum absolute atomic E-state index is 0.290. The Bertz CT molecular complexity index is 752. The van der Waals surface area contributed by atoms with E-state index in [1.165, 1.54) is 0 Å². The van der Waals surface area contributed by atoms with E-state index < -0.39 is 0 Å². The van der Waals surface area contributed by atoms with Gasteiger partial charge in [0.25, 0.3) is 0 Å². The first-order valence-electron chi connectivity index (χ1n) is 8.11. The monoisotopic (exact) mass is 377 g/mol. The summed E-state index contributed by atoms with van der Waals surface area (Å²) in [5, 5.41) is 3.50. The van der Waals surface area contributed by atoms with E-state index in [0.29, 0.717) is 29.8 Å².